The predicted molar refractivity (Wildman–Crippen MR) is 96.7 cm³/mol. The Morgan fingerprint density at radius 2 is 2.04 bits per heavy atom. The molecule has 0 bridgehead atoms. The molecule has 1 aliphatic rings. The van der Waals surface area contributed by atoms with Gasteiger partial charge in [-0.1, -0.05) is 18.2 Å². The zero-order valence-electron chi connectivity index (χ0n) is 14.0. The van der Waals surface area contributed by atoms with Crippen molar-refractivity contribution in [1.29, 1.82) is 0 Å². The van der Waals surface area contributed by atoms with E-state index in [2.05, 4.69) is 5.32 Å². The van der Waals surface area contributed by atoms with Gasteiger partial charge in [0, 0.05) is 4.70 Å². The van der Waals surface area contributed by atoms with E-state index in [4.69, 9.17) is 4.74 Å². The minimum Gasteiger partial charge on any atom is -0.451 e. The van der Waals surface area contributed by atoms with E-state index >= 15 is 0 Å². The maximum atomic E-state index is 12.3. The van der Waals surface area contributed by atoms with Crippen LogP contribution >= 0.6 is 11.3 Å². The largest absolute Gasteiger partial charge is 0.451 e. The first-order valence-electron chi connectivity index (χ1n) is 7.86. The molecule has 1 amide bonds. The molecule has 2 aromatic rings. The molecule has 6 nitrogen and oxygen atoms in total. The molecule has 134 valence electrons. The third-order valence-electron chi connectivity index (χ3n) is 4.31. The van der Waals surface area contributed by atoms with E-state index in [-0.39, 0.29) is 11.5 Å². The van der Waals surface area contributed by atoms with Crippen LogP contribution in [0.15, 0.2) is 24.3 Å². The number of amides is 1. The highest BCUT2D eigenvalue weighted by atomic mass is 32.2. The standard InChI is InChI=1S/C17H19NO5S2/c1-11-12-5-3-4-6-13(12)24-15(11)16(20)23-9-14(19)18-17(2)7-8-25(21,22)10-17/h3-6H,7-10H2,1-2H3,(H,18,19)/t17-/m1/s1. The van der Waals surface area contributed by atoms with Gasteiger partial charge in [-0.25, -0.2) is 13.2 Å². The Bertz CT molecular complexity index is 947. The van der Waals surface area contributed by atoms with Crippen molar-refractivity contribution in [3.63, 3.8) is 0 Å². The molecule has 0 aliphatic carbocycles. The Morgan fingerprint density at radius 3 is 2.68 bits per heavy atom. The van der Waals surface area contributed by atoms with Crippen LogP contribution in [0.5, 0.6) is 0 Å². The van der Waals surface area contributed by atoms with Crippen LogP contribution < -0.4 is 5.32 Å². The number of thiophene rings is 1. The van der Waals surface area contributed by atoms with Crippen LogP contribution in [0.1, 0.15) is 28.6 Å². The summed E-state index contributed by atoms with van der Waals surface area (Å²) < 4.78 is 29.2. The van der Waals surface area contributed by atoms with Gasteiger partial charge in [-0.05, 0) is 37.3 Å². The fourth-order valence-corrected chi connectivity index (χ4v) is 6.24. The zero-order chi connectivity index (χ0) is 18.2. The maximum Gasteiger partial charge on any atom is 0.349 e. The normalized spacial score (nSPS) is 22.0. The van der Waals surface area contributed by atoms with Crippen LogP contribution in [-0.4, -0.2) is 43.9 Å². The number of nitrogens with one attached hydrogen (secondary N) is 1. The van der Waals surface area contributed by atoms with E-state index in [0.29, 0.717) is 11.3 Å². The fraction of sp³-hybridized carbons (Fsp3) is 0.412. The molecule has 1 aromatic heterocycles. The lowest BCUT2D eigenvalue weighted by Crippen LogP contribution is -2.48. The summed E-state index contributed by atoms with van der Waals surface area (Å²) in [7, 11) is -3.12. The summed E-state index contributed by atoms with van der Waals surface area (Å²) in [6, 6.07) is 7.67. The lowest BCUT2D eigenvalue weighted by Gasteiger charge is -2.23. The van der Waals surface area contributed by atoms with E-state index in [1.54, 1.807) is 6.92 Å². The number of carbonyl (C=O) groups is 2. The summed E-state index contributed by atoms with van der Waals surface area (Å²) >= 11 is 1.33. The summed E-state index contributed by atoms with van der Waals surface area (Å²) in [4.78, 5) is 24.8. The number of esters is 1. The number of hydrogen-bond acceptors (Lipinski definition) is 6. The number of carbonyl (C=O) groups excluding carboxylic acids is 2. The summed E-state index contributed by atoms with van der Waals surface area (Å²) in [6.45, 7) is 3.11. The van der Waals surface area contributed by atoms with Crippen molar-refractivity contribution in [2.75, 3.05) is 18.1 Å². The van der Waals surface area contributed by atoms with E-state index in [0.717, 1.165) is 15.6 Å². The first-order valence-corrected chi connectivity index (χ1v) is 10.5. The Kier molecular flexibility index (Phi) is 4.59. The fourth-order valence-electron chi connectivity index (χ4n) is 3.05. The predicted octanol–water partition coefficient (Wildman–Crippen LogP) is 2.06. The maximum absolute atomic E-state index is 12.3. The molecule has 1 aromatic carbocycles. The van der Waals surface area contributed by atoms with Gasteiger partial charge < -0.3 is 10.1 Å². The van der Waals surface area contributed by atoms with Crippen molar-refractivity contribution in [2.45, 2.75) is 25.8 Å². The Morgan fingerprint density at radius 1 is 1.32 bits per heavy atom. The van der Waals surface area contributed by atoms with E-state index in [1.807, 2.05) is 31.2 Å². The molecule has 1 atom stereocenters. The first kappa shape index (κ1) is 17.9. The molecule has 1 aliphatic heterocycles. The second kappa shape index (κ2) is 6.42. The number of benzene rings is 1. The molecule has 25 heavy (non-hydrogen) atoms. The monoisotopic (exact) mass is 381 g/mol. The van der Waals surface area contributed by atoms with Gasteiger partial charge in [0.1, 0.15) is 4.88 Å². The second-order valence-corrected chi connectivity index (χ2v) is 9.82. The third-order valence-corrected chi connectivity index (χ3v) is 7.46. The van der Waals surface area contributed by atoms with Gasteiger partial charge in [0.15, 0.2) is 16.4 Å². The van der Waals surface area contributed by atoms with Crippen molar-refractivity contribution in [1.82, 2.24) is 5.32 Å². The van der Waals surface area contributed by atoms with Gasteiger partial charge >= 0.3 is 5.97 Å². The van der Waals surface area contributed by atoms with Crippen molar-refractivity contribution < 1.29 is 22.7 Å². The van der Waals surface area contributed by atoms with E-state index in [1.165, 1.54) is 11.3 Å². The molecule has 1 fully saturated rings. The molecule has 0 spiro atoms. The topological polar surface area (TPSA) is 89.5 Å². The molecule has 2 heterocycles. The number of fused-ring (bicyclic) bond motifs is 1. The van der Waals surface area contributed by atoms with Crippen molar-refractivity contribution >= 4 is 43.1 Å². The lowest BCUT2D eigenvalue weighted by atomic mass is 10.0. The van der Waals surface area contributed by atoms with Gasteiger partial charge in [0.2, 0.25) is 0 Å². The molecule has 1 N–H and O–H groups in total. The van der Waals surface area contributed by atoms with Gasteiger partial charge in [-0.15, -0.1) is 11.3 Å². The molecular weight excluding hydrogens is 362 g/mol. The van der Waals surface area contributed by atoms with Gasteiger partial charge in [-0.3, -0.25) is 4.79 Å². The molecule has 0 saturated carbocycles. The Labute approximate surface area is 150 Å². The summed E-state index contributed by atoms with van der Waals surface area (Å²) in [5, 5.41) is 3.66. The van der Waals surface area contributed by atoms with Crippen LogP contribution in [0.3, 0.4) is 0 Å². The smallest absolute Gasteiger partial charge is 0.349 e. The Balaban J connectivity index is 1.62. The summed E-state index contributed by atoms with van der Waals surface area (Å²) in [6.07, 6.45) is 0.366. The van der Waals surface area contributed by atoms with Gasteiger partial charge in [0.25, 0.3) is 5.91 Å². The van der Waals surface area contributed by atoms with Crippen LogP contribution in [-0.2, 0) is 19.4 Å². The molecule has 0 unspecified atom stereocenters. The SMILES string of the molecule is Cc1c(C(=O)OCC(=O)N[C@]2(C)CCS(=O)(=O)C2)sc2ccccc12. The minimum atomic E-state index is -3.12. The highest BCUT2D eigenvalue weighted by Gasteiger charge is 2.39. The minimum absolute atomic E-state index is 0.0601. The average molecular weight is 381 g/mol. The second-order valence-electron chi connectivity index (χ2n) is 6.58. The van der Waals surface area contributed by atoms with Crippen molar-refractivity contribution in [3.8, 4) is 0 Å². The average Bonchev–Trinajstić information content (AvgIpc) is 3.02. The summed E-state index contributed by atoms with van der Waals surface area (Å²) in [5.41, 5.74) is 0.0374. The van der Waals surface area contributed by atoms with Crippen LogP contribution in [0.25, 0.3) is 10.1 Å². The number of aryl methyl sites for hydroxylation is 1. The van der Waals surface area contributed by atoms with E-state index in [9.17, 15) is 18.0 Å². The number of hydrogen-bond donors (Lipinski definition) is 1. The molecular formula is C17H19NO5S2. The summed E-state index contributed by atoms with van der Waals surface area (Å²) in [5.74, 6) is -1.07. The van der Waals surface area contributed by atoms with Gasteiger partial charge in [-0.2, -0.15) is 0 Å². The quantitative estimate of drug-likeness (QED) is 0.819. The zero-order valence-corrected chi connectivity index (χ0v) is 15.6. The van der Waals surface area contributed by atoms with Gasteiger partial charge in [0.05, 0.1) is 17.0 Å². The molecule has 8 heteroatoms. The highest BCUT2D eigenvalue weighted by Crippen LogP contribution is 2.31. The first-order chi connectivity index (χ1) is 11.7. The van der Waals surface area contributed by atoms with Crippen molar-refractivity contribution in [2.24, 2.45) is 0 Å². The van der Waals surface area contributed by atoms with Crippen molar-refractivity contribution in [3.05, 3.63) is 34.7 Å². The van der Waals surface area contributed by atoms with Crippen LogP contribution in [0, 0.1) is 6.92 Å². The lowest BCUT2D eigenvalue weighted by molar-refractivity contribution is -0.125. The van der Waals surface area contributed by atoms with Crippen LogP contribution in [0.4, 0.5) is 0 Å². The molecule has 3 rings (SSSR count). The molecule has 1 saturated heterocycles. The number of ether oxygens (including phenoxy) is 1. The Hall–Kier alpha value is -1.93. The number of rotatable bonds is 4. The van der Waals surface area contributed by atoms with Crippen LogP contribution in [0.2, 0.25) is 0 Å². The third kappa shape index (κ3) is 3.85. The highest BCUT2D eigenvalue weighted by molar-refractivity contribution is 7.91. The van der Waals surface area contributed by atoms with E-state index < -0.39 is 33.9 Å². The number of sulfone groups is 1. The molecule has 0 radical (unpaired) electrons.